The van der Waals surface area contributed by atoms with E-state index in [1.807, 2.05) is 50.3 Å². The van der Waals surface area contributed by atoms with Crippen molar-refractivity contribution in [3.8, 4) is 17.2 Å². The number of phenols is 1. The van der Waals surface area contributed by atoms with Gasteiger partial charge < -0.3 is 24.4 Å². The van der Waals surface area contributed by atoms with Crippen molar-refractivity contribution < 1.29 is 19.0 Å². The number of anilines is 1. The molecule has 0 radical (unpaired) electrons. The Morgan fingerprint density at radius 2 is 1.83 bits per heavy atom. The first-order valence-corrected chi connectivity index (χ1v) is 12.1. The number of halogens is 1. The Kier molecular flexibility index (Phi) is 7.81. The van der Waals surface area contributed by atoms with Crippen LogP contribution in [0.25, 0.3) is 0 Å². The van der Waals surface area contributed by atoms with Crippen LogP contribution in [0.3, 0.4) is 0 Å². The molecule has 0 saturated heterocycles. The minimum atomic E-state index is -0.340. The van der Waals surface area contributed by atoms with Gasteiger partial charge in [-0.15, -0.1) is 0 Å². The topological polar surface area (TPSA) is 45.2 Å². The van der Waals surface area contributed by atoms with Crippen molar-refractivity contribution in [3.63, 3.8) is 0 Å². The fourth-order valence-electron chi connectivity index (χ4n) is 4.79. The molecule has 0 bridgehead atoms. The maximum Gasteiger partial charge on any atom is 0.165 e. The Morgan fingerprint density at radius 3 is 2.57 bits per heavy atom. The average molecular weight is 479 g/mol. The summed E-state index contributed by atoms with van der Waals surface area (Å²) in [4.78, 5) is 4.16. The molecule has 4 rings (SSSR count). The van der Waals surface area contributed by atoms with Crippen LogP contribution in [0.2, 0.25) is 0 Å². The standard InChI is InChI=1S/C29H35FN2O3/c1-31(2)13-14-35-29-12-5-20(15-27(29)30)19-32(3)28-18-25(34-4)10-11-26(28)23-7-6-22-17-24(33)9-8-21(22)16-23/h5,8-12,15,17-18,23,33H,6-7,13-14,16,19H2,1-4H3. The highest BCUT2D eigenvalue weighted by Crippen LogP contribution is 2.40. The first-order valence-electron chi connectivity index (χ1n) is 12.1. The molecule has 0 saturated carbocycles. The van der Waals surface area contributed by atoms with E-state index in [0.717, 1.165) is 42.8 Å². The van der Waals surface area contributed by atoms with Gasteiger partial charge in [-0.1, -0.05) is 18.2 Å². The molecule has 6 heteroatoms. The molecule has 5 nitrogen and oxygen atoms in total. The monoisotopic (exact) mass is 478 g/mol. The minimum Gasteiger partial charge on any atom is -0.508 e. The van der Waals surface area contributed by atoms with Crippen LogP contribution in [0, 0.1) is 5.82 Å². The number of methoxy groups -OCH3 is 1. The van der Waals surface area contributed by atoms with Gasteiger partial charge in [0.1, 0.15) is 18.1 Å². The van der Waals surface area contributed by atoms with E-state index in [4.69, 9.17) is 9.47 Å². The summed E-state index contributed by atoms with van der Waals surface area (Å²) in [6.07, 6.45) is 2.87. The number of rotatable bonds is 9. The van der Waals surface area contributed by atoms with Gasteiger partial charge in [0.15, 0.2) is 11.6 Å². The third-order valence-corrected chi connectivity index (χ3v) is 6.72. The fourth-order valence-corrected chi connectivity index (χ4v) is 4.79. The predicted octanol–water partition coefficient (Wildman–Crippen LogP) is 5.39. The Balaban J connectivity index is 1.53. The van der Waals surface area contributed by atoms with Crippen molar-refractivity contribution in [2.75, 3.05) is 46.3 Å². The molecule has 3 aromatic carbocycles. The van der Waals surface area contributed by atoms with E-state index in [2.05, 4.69) is 17.0 Å². The van der Waals surface area contributed by atoms with Gasteiger partial charge in [0, 0.05) is 31.9 Å². The van der Waals surface area contributed by atoms with Crippen LogP contribution in [0.1, 0.15) is 34.6 Å². The number of benzene rings is 3. The summed E-state index contributed by atoms with van der Waals surface area (Å²) in [5.41, 5.74) is 5.74. The van der Waals surface area contributed by atoms with Gasteiger partial charge in [-0.3, -0.25) is 0 Å². The Bertz CT molecular complexity index is 1160. The third kappa shape index (κ3) is 6.06. The Morgan fingerprint density at radius 1 is 1.00 bits per heavy atom. The summed E-state index contributed by atoms with van der Waals surface area (Å²) in [6, 6.07) is 17.1. The highest BCUT2D eigenvalue weighted by atomic mass is 19.1. The zero-order valence-corrected chi connectivity index (χ0v) is 21.1. The molecular weight excluding hydrogens is 443 g/mol. The van der Waals surface area contributed by atoms with Crippen molar-refractivity contribution in [3.05, 3.63) is 82.7 Å². The quantitative estimate of drug-likeness (QED) is 0.447. The smallest absolute Gasteiger partial charge is 0.165 e. The van der Waals surface area contributed by atoms with Crippen molar-refractivity contribution in [1.29, 1.82) is 0 Å². The van der Waals surface area contributed by atoms with E-state index in [1.54, 1.807) is 25.3 Å². The molecule has 0 fully saturated rings. The molecule has 0 aromatic heterocycles. The van der Waals surface area contributed by atoms with E-state index < -0.39 is 0 Å². The number of ether oxygens (including phenoxy) is 2. The van der Waals surface area contributed by atoms with E-state index in [1.165, 1.54) is 16.7 Å². The van der Waals surface area contributed by atoms with E-state index >= 15 is 0 Å². The van der Waals surface area contributed by atoms with Crippen molar-refractivity contribution in [1.82, 2.24) is 4.90 Å². The van der Waals surface area contributed by atoms with Crippen LogP contribution in [-0.4, -0.2) is 51.4 Å². The van der Waals surface area contributed by atoms with Gasteiger partial charge in [-0.25, -0.2) is 4.39 Å². The van der Waals surface area contributed by atoms with E-state index in [-0.39, 0.29) is 11.6 Å². The lowest BCUT2D eigenvalue weighted by Gasteiger charge is -2.30. The van der Waals surface area contributed by atoms with Gasteiger partial charge in [-0.2, -0.15) is 0 Å². The number of fused-ring (bicyclic) bond motifs is 1. The highest BCUT2D eigenvalue weighted by Gasteiger charge is 2.24. The van der Waals surface area contributed by atoms with Gasteiger partial charge in [0.25, 0.3) is 0 Å². The molecule has 1 unspecified atom stereocenters. The van der Waals surface area contributed by atoms with Gasteiger partial charge in [-0.05, 0) is 91.9 Å². The lowest BCUT2D eigenvalue weighted by atomic mass is 9.79. The molecule has 3 aromatic rings. The Hall–Kier alpha value is -3.25. The van der Waals surface area contributed by atoms with Crippen LogP contribution in [-0.2, 0) is 19.4 Å². The highest BCUT2D eigenvalue weighted by molar-refractivity contribution is 5.59. The molecule has 1 aliphatic rings. The molecule has 0 amide bonds. The lowest BCUT2D eigenvalue weighted by molar-refractivity contribution is 0.252. The summed E-state index contributed by atoms with van der Waals surface area (Å²) in [5, 5.41) is 9.83. The van der Waals surface area contributed by atoms with E-state index in [0.29, 0.717) is 24.8 Å². The number of likely N-dealkylation sites (N-methyl/N-ethyl adjacent to an activating group) is 1. The van der Waals surface area contributed by atoms with Crippen LogP contribution in [0.5, 0.6) is 17.2 Å². The Labute approximate surface area is 207 Å². The van der Waals surface area contributed by atoms with Crippen molar-refractivity contribution >= 4 is 5.69 Å². The SMILES string of the molecule is COc1ccc(C2CCc3cc(O)ccc3C2)c(N(C)Cc2ccc(OCCN(C)C)c(F)c2)c1. The normalized spacial score (nSPS) is 15.1. The molecule has 1 N–H and O–H groups in total. The van der Waals surface area contributed by atoms with E-state index in [9.17, 15) is 9.50 Å². The summed E-state index contributed by atoms with van der Waals surface area (Å²) in [5.74, 6) is 1.43. The zero-order valence-electron chi connectivity index (χ0n) is 21.1. The number of hydrogen-bond donors (Lipinski definition) is 1. The van der Waals surface area contributed by atoms with Gasteiger partial charge in [0.05, 0.1) is 7.11 Å². The number of aromatic hydroxyl groups is 1. The zero-order chi connectivity index (χ0) is 24.9. The molecule has 1 atom stereocenters. The largest absolute Gasteiger partial charge is 0.508 e. The van der Waals surface area contributed by atoms with Crippen LogP contribution in [0.15, 0.2) is 54.6 Å². The maximum atomic E-state index is 14.7. The second-order valence-electron chi connectivity index (χ2n) is 9.59. The molecule has 0 spiro atoms. The number of phenolic OH excluding ortho intramolecular Hbond substituents is 1. The minimum absolute atomic E-state index is 0.284. The van der Waals surface area contributed by atoms with Crippen molar-refractivity contribution in [2.24, 2.45) is 0 Å². The predicted molar refractivity (Wildman–Crippen MR) is 138 cm³/mol. The second kappa shape index (κ2) is 11.0. The van der Waals surface area contributed by atoms with Gasteiger partial charge in [0.2, 0.25) is 0 Å². The summed E-state index contributed by atoms with van der Waals surface area (Å²) in [7, 11) is 7.63. The molecule has 186 valence electrons. The fraction of sp³-hybridized carbons (Fsp3) is 0.379. The summed E-state index contributed by atoms with van der Waals surface area (Å²) in [6.45, 7) is 1.74. The summed E-state index contributed by atoms with van der Waals surface area (Å²) < 4.78 is 25.8. The third-order valence-electron chi connectivity index (χ3n) is 6.72. The van der Waals surface area contributed by atoms with Crippen LogP contribution >= 0.6 is 0 Å². The molecule has 35 heavy (non-hydrogen) atoms. The molecule has 0 heterocycles. The maximum absolute atomic E-state index is 14.7. The average Bonchev–Trinajstić information content (AvgIpc) is 2.84. The number of hydrogen-bond acceptors (Lipinski definition) is 5. The van der Waals surface area contributed by atoms with Crippen LogP contribution in [0.4, 0.5) is 10.1 Å². The summed E-state index contributed by atoms with van der Waals surface area (Å²) >= 11 is 0. The molecule has 0 aliphatic heterocycles. The van der Waals surface area contributed by atoms with Crippen molar-refractivity contribution in [2.45, 2.75) is 31.7 Å². The lowest BCUT2D eigenvalue weighted by Crippen LogP contribution is -2.21. The molecular formula is C29H35FN2O3. The first-order chi connectivity index (χ1) is 16.8. The first kappa shape index (κ1) is 24.9. The number of nitrogens with zero attached hydrogens (tertiary/aromatic N) is 2. The van der Waals surface area contributed by atoms with Gasteiger partial charge >= 0.3 is 0 Å². The number of aryl methyl sites for hydroxylation is 1. The second-order valence-corrected chi connectivity index (χ2v) is 9.59. The molecule has 1 aliphatic carbocycles. The van der Waals surface area contributed by atoms with Crippen LogP contribution < -0.4 is 14.4 Å².